The Bertz CT molecular complexity index is 714. The lowest BCUT2D eigenvalue weighted by atomic mass is 9.75. The van der Waals surface area contributed by atoms with E-state index < -0.39 is 0 Å². The van der Waals surface area contributed by atoms with Gasteiger partial charge in [0.05, 0.1) is 7.05 Å². The molecule has 0 saturated carbocycles. The van der Waals surface area contributed by atoms with Crippen molar-refractivity contribution in [3.8, 4) is 0 Å². The molecule has 0 spiro atoms. The first kappa shape index (κ1) is 20.5. The normalized spacial score (nSPS) is 13.7. The Morgan fingerprint density at radius 1 is 1.19 bits per heavy atom. The highest BCUT2D eigenvalue weighted by molar-refractivity contribution is 7.10. The highest BCUT2D eigenvalue weighted by Crippen LogP contribution is 2.38. The maximum Gasteiger partial charge on any atom is 0.133 e. The van der Waals surface area contributed by atoms with Crippen molar-refractivity contribution in [2.45, 2.75) is 39.0 Å². The molecule has 0 aliphatic rings. The van der Waals surface area contributed by atoms with Crippen LogP contribution in [0.25, 0.3) is 6.08 Å². The number of rotatable bonds is 10. The van der Waals surface area contributed by atoms with E-state index in [2.05, 4.69) is 98.6 Å². The Hall–Kier alpha value is -1.84. The van der Waals surface area contributed by atoms with Crippen molar-refractivity contribution in [2.24, 2.45) is 0 Å². The lowest BCUT2D eigenvalue weighted by Gasteiger charge is -2.31. The summed E-state index contributed by atoms with van der Waals surface area (Å²) in [6, 6.07) is 11.2. The Kier molecular flexibility index (Phi) is 7.67. The van der Waals surface area contributed by atoms with Crippen molar-refractivity contribution >= 4 is 28.8 Å². The zero-order valence-electron chi connectivity index (χ0n) is 16.7. The summed E-state index contributed by atoms with van der Waals surface area (Å²) in [5, 5.41) is 4.35. The molecule has 0 fully saturated rings. The third-order valence-corrected chi connectivity index (χ3v) is 5.95. The molecule has 0 aliphatic carbocycles. The van der Waals surface area contributed by atoms with Gasteiger partial charge < -0.3 is 10.2 Å². The first-order valence-corrected chi connectivity index (χ1v) is 10.5. The van der Waals surface area contributed by atoms with Gasteiger partial charge >= 0.3 is 0 Å². The molecule has 0 saturated heterocycles. The molecule has 2 nitrogen and oxygen atoms in total. The van der Waals surface area contributed by atoms with E-state index >= 15 is 0 Å². The number of thiophene rings is 1. The van der Waals surface area contributed by atoms with Crippen LogP contribution in [0, 0.1) is 0 Å². The summed E-state index contributed by atoms with van der Waals surface area (Å²) in [6.45, 7) is 12.9. The Morgan fingerprint density at radius 2 is 1.96 bits per heavy atom. The number of allylic oxidation sites excluding steroid dienone is 2. The number of hydrogen-bond acceptors (Lipinski definition) is 2. The van der Waals surface area contributed by atoms with Gasteiger partial charge in [-0.1, -0.05) is 25.1 Å². The summed E-state index contributed by atoms with van der Waals surface area (Å²) in [5.41, 5.74) is 4.10. The number of quaternary nitrogens is 1. The minimum Gasteiger partial charge on any atom is -0.372 e. The third kappa shape index (κ3) is 4.87. The molecule has 2 N–H and O–H groups in total. The number of nitrogens with zero attached hydrogens (tertiary/aromatic N) is 1. The van der Waals surface area contributed by atoms with E-state index in [1.807, 2.05) is 0 Å². The SMILES string of the molecule is C=CCC(C)(C/C=C/c1cccs1)c1cc(N(CC)CC)ccc1[NH2+]C. The largest absolute Gasteiger partial charge is 0.372 e. The second kappa shape index (κ2) is 9.75. The monoisotopic (exact) mass is 369 g/mol. The molecule has 26 heavy (non-hydrogen) atoms. The van der Waals surface area contributed by atoms with Crippen LogP contribution < -0.4 is 10.2 Å². The van der Waals surface area contributed by atoms with Crippen LogP contribution in [0.5, 0.6) is 0 Å². The molecule has 1 aromatic carbocycles. The molecule has 0 amide bonds. The molecule has 0 bridgehead atoms. The van der Waals surface area contributed by atoms with Gasteiger partial charge in [0.1, 0.15) is 5.69 Å². The first-order chi connectivity index (χ1) is 12.6. The smallest absolute Gasteiger partial charge is 0.133 e. The van der Waals surface area contributed by atoms with E-state index in [0.29, 0.717) is 0 Å². The van der Waals surface area contributed by atoms with Crippen molar-refractivity contribution in [1.29, 1.82) is 0 Å². The van der Waals surface area contributed by atoms with Crippen molar-refractivity contribution in [3.05, 3.63) is 64.9 Å². The quantitative estimate of drug-likeness (QED) is 0.442. The molecule has 2 rings (SSSR count). The number of anilines is 1. The van der Waals surface area contributed by atoms with E-state index in [4.69, 9.17) is 0 Å². The van der Waals surface area contributed by atoms with Crippen molar-refractivity contribution < 1.29 is 5.32 Å². The highest BCUT2D eigenvalue weighted by Gasteiger charge is 2.29. The fourth-order valence-corrected chi connectivity index (χ4v) is 4.19. The van der Waals surface area contributed by atoms with E-state index in [9.17, 15) is 0 Å². The Labute approximate surface area is 163 Å². The van der Waals surface area contributed by atoms with Crippen molar-refractivity contribution in [2.75, 3.05) is 25.0 Å². The van der Waals surface area contributed by atoms with Gasteiger partial charge in [-0.2, -0.15) is 0 Å². The average Bonchev–Trinajstić information content (AvgIpc) is 3.16. The van der Waals surface area contributed by atoms with Crippen molar-refractivity contribution in [1.82, 2.24) is 0 Å². The summed E-state index contributed by atoms with van der Waals surface area (Å²) in [4.78, 5) is 3.73. The van der Waals surface area contributed by atoms with Gasteiger partial charge in [-0.3, -0.25) is 0 Å². The zero-order chi connectivity index (χ0) is 19.0. The lowest BCUT2D eigenvalue weighted by molar-refractivity contribution is -0.540. The fraction of sp³-hybridized carbons (Fsp3) is 0.391. The van der Waals surface area contributed by atoms with Gasteiger partial charge in [0.15, 0.2) is 0 Å². The zero-order valence-corrected chi connectivity index (χ0v) is 17.5. The minimum atomic E-state index is 0.0422. The molecule has 0 radical (unpaired) electrons. The van der Waals surface area contributed by atoms with Crippen LogP contribution >= 0.6 is 11.3 Å². The van der Waals surface area contributed by atoms with Crippen LogP contribution in [0.3, 0.4) is 0 Å². The Morgan fingerprint density at radius 3 is 2.54 bits per heavy atom. The molecule has 3 heteroatoms. The van der Waals surface area contributed by atoms with E-state index in [-0.39, 0.29) is 5.41 Å². The maximum atomic E-state index is 4.03. The van der Waals surface area contributed by atoms with Gasteiger partial charge in [0.25, 0.3) is 0 Å². The summed E-state index contributed by atoms with van der Waals surface area (Å²) >= 11 is 1.78. The second-order valence-corrected chi connectivity index (χ2v) is 7.89. The van der Waals surface area contributed by atoms with Crippen LogP contribution in [0.4, 0.5) is 11.4 Å². The molecule has 0 aliphatic heterocycles. The standard InChI is InChI=1S/C23H32N2S/c1-6-15-23(4,16-9-11-20-12-10-17-26-20)21-18-19(25(7-2)8-3)13-14-22(21)24-5/h6,9-14,17-18,24H,1,7-8,15-16H2,2-5H3/p+1/b11-9+. The van der Waals surface area contributed by atoms with Gasteiger partial charge in [-0.05, 0) is 56.3 Å². The van der Waals surface area contributed by atoms with Crippen LogP contribution in [-0.4, -0.2) is 20.1 Å². The minimum absolute atomic E-state index is 0.0422. The summed E-state index contributed by atoms with van der Waals surface area (Å²) < 4.78 is 0. The fourth-order valence-electron chi connectivity index (χ4n) is 3.55. The predicted octanol–water partition coefficient (Wildman–Crippen LogP) is 5.36. The lowest BCUT2D eigenvalue weighted by Crippen LogP contribution is -2.73. The molecule has 1 heterocycles. The molecule has 1 unspecified atom stereocenters. The van der Waals surface area contributed by atoms with Gasteiger partial charge in [-0.25, -0.2) is 0 Å². The third-order valence-electron chi connectivity index (χ3n) is 5.12. The summed E-state index contributed by atoms with van der Waals surface area (Å²) in [7, 11) is 2.13. The topological polar surface area (TPSA) is 19.9 Å². The summed E-state index contributed by atoms with van der Waals surface area (Å²) in [6.07, 6.45) is 8.58. The van der Waals surface area contributed by atoms with E-state index in [0.717, 1.165) is 25.9 Å². The number of hydrogen-bond donors (Lipinski definition) is 1. The molecule has 140 valence electrons. The molecule has 2 aromatic rings. The average molecular weight is 370 g/mol. The molecule has 1 atom stereocenters. The molecule has 1 aromatic heterocycles. The van der Waals surface area contributed by atoms with E-state index in [1.165, 1.54) is 21.8 Å². The Balaban J connectivity index is 2.39. The summed E-state index contributed by atoms with van der Waals surface area (Å²) in [5.74, 6) is 0. The highest BCUT2D eigenvalue weighted by atomic mass is 32.1. The number of benzene rings is 1. The predicted molar refractivity (Wildman–Crippen MR) is 118 cm³/mol. The second-order valence-electron chi connectivity index (χ2n) is 6.91. The van der Waals surface area contributed by atoms with Gasteiger partial charge in [-0.15, -0.1) is 17.9 Å². The van der Waals surface area contributed by atoms with Crippen molar-refractivity contribution in [3.63, 3.8) is 0 Å². The maximum absolute atomic E-state index is 4.03. The molecular weight excluding hydrogens is 336 g/mol. The van der Waals surface area contributed by atoms with Gasteiger partial charge in [0, 0.05) is 40.7 Å². The first-order valence-electron chi connectivity index (χ1n) is 9.57. The van der Waals surface area contributed by atoms with E-state index in [1.54, 1.807) is 11.3 Å². The van der Waals surface area contributed by atoms with Crippen LogP contribution in [0.15, 0.2) is 54.4 Å². The van der Waals surface area contributed by atoms with Gasteiger partial charge in [0.2, 0.25) is 0 Å². The van der Waals surface area contributed by atoms with Crippen LogP contribution in [0.1, 0.15) is 44.1 Å². The van der Waals surface area contributed by atoms with Crippen LogP contribution in [-0.2, 0) is 5.41 Å². The molecular formula is C23H33N2S+. The number of nitrogens with two attached hydrogens (primary N) is 1. The van der Waals surface area contributed by atoms with Crippen LogP contribution in [0.2, 0.25) is 0 Å².